The van der Waals surface area contributed by atoms with Crippen LogP contribution < -0.4 is 5.32 Å². The Morgan fingerprint density at radius 1 is 1.03 bits per heavy atom. The molecule has 1 aliphatic rings. The number of hydrogen-bond acceptors (Lipinski definition) is 7. The number of aliphatic hydroxyl groups excluding tert-OH is 1. The SMILES string of the molecule is O=C(O)C(CO)NCc1ccc2c(c1)CCc1c-2noc1-c1noc(-c2ccccc2)c1C(F)(F)F. The second-order valence-corrected chi connectivity index (χ2v) is 8.38. The Kier molecular flexibility index (Phi) is 6.10. The first-order chi connectivity index (χ1) is 17.3. The largest absolute Gasteiger partial charge is 0.480 e. The van der Waals surface area contributed by atoms with Gasteiger partial charge in [0.25, 0.3) is 0 Å². The van der Waals surface area contributed by atoms with E-state index in [1.807, 2.05) is 6.07 Å². The standard InChI is InChI=1S/C25H20F3N3O5/c26-25(27,28)19-21(31-35-22(19)14-4-2-1-3-5-14)23-17-9-7-15-10-13(11-29-18(12-32)24(33)34)6-8-16(15)20(17)30-36-23/h1-6,8,10,18,29,32H,7,9,11-12H2,(H,33,34). The van der Waals surface area contributed by atoms with Crippen LogP contribution >= 0.6 is 0 Å². The van der Waals surface area contributed by atoms with Crippen LogP contribution in [0.3, 0.4) is 0 Å². The number of carbonyl (C=O) groups is 1. The highest BCUT2D eigenvalue weighted by Gasteiger charge is 2.43. The monoisotopic (exact) mass is 499 g/mol. The Morgan fingerprint density at radius 3 is 2.44 bits per heavy atom. The lowest BCUT2D eigenvalue weighted by atomic mass is 9.87. The molecule has 0 amide bonds. The summed E-state index contributed by atoms with van der Waals surface area (Å²) in [6, 6.07) is 12.3. The quantitative estimate of drug-likeness (QED) is 0.344. The van der Waals surface area contributed by atoms with Gasteiger partial charge in [-0.25, -0.2) is 0 Å². The first kappa shape index (κ1) is 23.8. The van der Waals surface area contributed by atoms with E-state index in [0.29, 0.717) is 29.7 Å². The number of alkyl halides is 3. The molecule has 0 aliphatic heterocycles. The van der Waals surface area contributed by atoms with E-state index in [0.717, 1.165) is 11.1 Å². The molecule has 0 bridgehead atoms. The van der Waals surface area contributed by atoms with Gasteiger partial charge in [0.2, 0.25) is 0 Å². The molecule has 8 nitrogen and oxygen atoms in total. The molecular weight excluding hydrogens is 479 g/mol. The molecule has 2 heterocycles. The van der Waals surface area contributed by atoms with Gasteiger partial charge in [0.1, 0.15) is 17.3 Å². The number of nitrogens with zero attached hydrogens (tertiary/aromatic N) is 2. The van der Waals surface area contributed by atoms with Crippen LogP contribution in [0.25, 0.3) is 34.0 Å². The fourth-order valence-corrected chi connectivity index (χ4v) is 4.36. The van der Waals surface area contributed by atoms with Crippen molar-refractivity contribution in [2.45, 2.75) is 31.6 Å². The number of halogens is 3. The number of fused-ring (bicyclic) bond motifs is 3. The van der Waals surface area contributed by atoms with Crippen LogP contribution in [0.1, 0.15) is 22.3 Å². The Morgan fingerprint density at radius 2 is 1.75 bits per heavy atom. The number of hydrogen-bond donors (Lipinski definition) is 3. The smallest absolute Gasteiger partial charge is 0.422 e. The predicted octanol–water partition coefficient (Wildman–Crippen LogP) is 4.32. The highest BCUT2D eigenvalue weighted by atomic mass is 19.4. The lowest BCUT2D eigenvalue weighted by molar-refractivity contribution is -0.140. The van der Waals surface area contributed by atoms with E-state index in [-0.39, 0.29) is 23.6 Å². The summed E-state index contributed by atoms with van der Waals surface area (Å²) >= 11 is 0. The maximum Gasteiger partial charge on any atom is 0.422 e. The van der Waals surface area contributed by atoms with Crippen LogP contribution in [0.4, 0.5) is 13.2 Å². The van der Waals surface area contributed by atoms with Crippen LogP contribution in [0.5, 0.6) is 0 Å². The number of aryl methyl sites for hydroxylation is 1. The summed E-state index contributed by atoms with van der Waals surface area (Å²) in [5.41, 5.74) is 2.14. The molecule has 11 heteroatoms. The van der Waals surface area contributed by atoms with Crippen molar-refractivity contribution in [1.82, 2.24) is 15.6 Å². The Labute approximate surface area is 202 Å². The zero-order valence-electron chi connectivity index (χ0n) is 18.7. The second kappa shape index (κ2) is 9.25. The van der Waals surface area contributed by atoms with E-state index < -0.39 is 36.1 Å². The number of nitrogens with one attached hydrogen (secondary N) is 1. The molecule has 0 saturated carbocycles. The molecule has 3 N–H and O–H groups in total. The molecule has 0 fully saturated rings. The van der Waals surface area contributed by atoms with Gasteiger partial charge < -0.3 is 19.3 Å². The minimum absolute atomic E-state index is 0.0769. The first-order valence-electron chi connectivity index (χ1n) is 11.1. The Balaban J connectivity index is 1.49. The zero-order valence-corrected chi connectivity index (χ0v) is 18.7. The van der Waals surface area contributed by atoms with Crippen molar-refractivity contribution < 1.29 is 37.2 Å². The van der Waals surface area contributed by atoms with Crippen molar-refractivity contribution in [2.24, 2.45) is 0 Å². The van der Waals surface area contributed by atoms with Gasteiger partial charge in [0.15, 0.2) is 17.2 Å². The van der Waals surface area contributed by atoms with Gasteiger partial charge in [-0.3, -0.25) is 10.1 Å². The number of carboxylic acid groups (broad SMARTS) is 1. The molecular formula is C25H20F3N3O5. The summed E-state index contributed by atoms with van der Waals surface area (Å²) in [7, 11) is 0. The van der Waals surface area contributed by atoms with Crippen molar-refractivity contribution in [3.63, 3.8) is 0 Å². The fourth-order valence-electron chi connectivity index (χ4n) is 4.36. The van der Waals surface area contributed by atoms with Crippen LogP contribution in [-0.2, 0) is 30.4 Å². The number of rotatable bonds is 7. The number of aliphatic hydroxyl groups is 1. The van der Waals surface area contributed by atoms with Gasteiger partial charge in [0, 0.05) is 23.2 Å². The maximum absolute atomic E-state index is 14.1. The van der Waals surface area contributed by atoms with E-state index in [9.17, 15) is 18.0 Å². The van der Waals surface area contributed by atoms with Crippen molar-refractivity contribution in [3.8, 4) is 34.0 Å². The normalized spacial score (nSPS) is 13.8. The molecule has 5 rings (SSSR count). The highest BCUT2D eigenvalue weighted by molar-refractivity contribution is 5.79. The van der Waals surface area contributed by atoms with Crippen LogP contribution in [0, 0.1) is 0 Å². The summed E-state index contributed by atoms with van der Waals surface area (Å²) in [5.74, 6) is -1.62. The van der Waals surface area contributed by atoms with Gasteiger partial charge in [0.05, 0.1) is 6.61 Å². The summed E-state index contributed by atoms with van der Waals surface area (Å²) in [6.45, 7) is -0.322. The van der Waals surface area contributed by atoms with E-state index >= 15 is 0 Å². The van der Waals surface area contributed by atoms with E-state index in [2.05, 4.69) is 15.6 Å². The Hall–Kier alpha value is -3.96. The summed E-state index contributed by atoms with van der Waals surface area (Å²) in [4.78, 5) is 11.1. The van der Waals surface area contributed by atoms with E-state index in [1.165, 1.54) is 12.1 Å². The van der Waals surface area contributed by atoms with Crippen LogP contribution in [0.2, 0.25) is 0 Å². The van der Waals surface area contributed by atoms with Gasteiger partial charge in [-0.2, -0.15) is 13.2 Å². The highest BCUT2D eigenvalue weighted by Crippen LogP contribution is 2.46. The van der Waals surface area contributed by atoms with Gasteiger partial charge in [-0.15, -0.1) is 0 Å². The molecule has 186 valence electrons. The first-order valence-corrected chi connectivity index (χ1v) is 11.1. The van der Waals surface area contributed by atoms with Crippen molar-refractivity contribution in [1.29, 1.82) is 0 Å². The summed E-state index contributed by atoms with van der Waals surface area (Å²) in [6.07, 6.45) is -3.86. The molecule has 0 radical (unpaired) electrons. The van der Waals surface area contributed by atoms with Crippen molar-refractivity contribution >= 4 is 5.97 Å². The summed E-state index contributed by atoms with van der Waals surface area (Å²) in [5, 5.41) is 28.8. The Bertz CT molecular complexity index is 1410. The average molecular weight is 499 g/mol. The van der Waals surface area contributed by atoms with Gasteiger partial charge in [-0.05, 0) is 24.0 Å². The number of aromatic nitrogens is 2. The fraction of sp³-hybridized carbons (Fsp3) is 0.240. The minimum Gasteiger partial charge on any atom is -0.480 e. The molecule has 1 unspecified atom stereocenters. The summed E-state index contributed by atoms with van der Waals surface area (Å²) < 4.78 is 52.9. The van der Waals surface area contributed by atoms with E-state index in [1.54, 1.807) is 30.3 Å². The number of carboxylic acids is 1. The maximum atomic E-state index is 14.1. The second-order valence-electron chi connectivity index (χ2n) is 8.38. The lowest BCUT2D eigenvalue weighted by Crippen LogP contribution is -2.39. The molecule has 2 aromatic carbocycles. The van der Waals surface area contributed by atoms with E-state index in [4.69, 9.17) is 19.3 Å². The molecule has 0 spiro atoms. The molecule has 36 heavy (non-hydrogen) atoms. The third-order valence-electron chi connectivity index (χ3n) is 6.12. The topological polar surface area (TPSA) is 122 Å². The molecule has 1 aliphatic carbocycles. The number of benzene rings is 2. The predicted molar refractivity (Wildman–Crippen MR) is 121 cm³/mol. The van der Waals surface area contributed by atoms with Crippen molar-refractivity contribution in [3.05, 3.63) is 70.8 Å². The third-order valence-corrected chi connectivity index (χ3v) is 6.12. The number of aliphatic carboxylic acids is 1. The van der Waals surface area contributed by atoms with Crippen LogP contribution in [-0.4, -0.2) is 39.1 Å². The van der Waals surface area contributed by atoms with Gasteiger partial charge in [-0.1, -0.05) is 58.8 Å². The molecule has 4 aromatic rings. The molecule has 0 saturated heterocycles. The van der Waals surface area contributed by atoms with Crippen LogP contribution in [0.15, 0.2) is 57.6 Å². The lowest BCUT2D eigenvalue weighted by Gasteiger charge is -2.17. The third kappa shape index (κ3) is 4.27. The van der Waals surface area contributed by atoms with Crippen molar-refractivity contribution in [2.75, 3.05) is 6.61 Å². The molecule has 2 aromatic heterocycles. The average Bonchev–Trinajstić information content (AvgIpc) is 3.49. The van der Waals surface area contributed by atoms with Gasteiger partial charge >= 0.3 is 12.1 Å². The zero-order chi connectivity index (χ0) is 25.4. The minimum atomic E-state index is -4.74. The molecule has 1 atom stereocenters.